The van der Waals surface area contributed by atoms with Crippen molar-refractivity contribution in [2.45, 2.75) is 13.5 Å². The second-order valence-electron chi connectivity index (χ2n) is 5.58. The van der Waals surface area contributed by atoms with E-state index < -0.39 is 0 Å². The van der Waals surface area contributed by atoms with E-state index >= 15 is 0 Å². The van der Waals surface area contributed by atoms with E-state index in [2.05, 4.69) is 15.3 Å². The van der Waals surface area contributed by atoms with E-state index in [1.165, 1.54) is 0 Å². The fraction of sp³-hybridized carbons (Fsp3) is 0.176. The Hall–Kier alpha value is -2.44. The molecule has 0 saturated heterocycles. The van der Waals surface area contributed by atoms with Gasteiger partial charge in [-0.15, -0.1) is 5.11 Å². The van der Waals surface area contributed by atoms with Crippen molar-refractivity contribution < 1.29 is 17.0 Å². The second kappa shape index (κ2) is 8.09. The third kappa shape index (κ3) is 4.55. The van der Waals surface area contributed by atoms with E-state index in [4.69, 9.17) is 17.3 Å². The number of anilines is 1. The zero-order valence-electron chi connectivity index (χ0n) is 13.9. The molecule has 0 aliphatic carbocycles. The van der Waals surface area contributed by atoms with E-state index in [0.29, 0.717) is 28.8 Å². The lowest BCUT2D eigenvalue weighted by molar-refractivity contribution is -0.671. The number of aryl methyl sites for hydroxylation is 2. The fourth-order valence-electron chi connectivity index (χ4n) is 2.30. The van der Waals surface area contributed by atoms with Gasteiger partial charge in [0.2, 0.25) is 0 Å². The summed E-state index contributed by atoms with van der Waals surface area (Å²) in [6.07, 6.45) is 5.61. The molecule has 0 unspecified atom stereocenters. The van der Waals surface area contributed by atoms with Crippen LogP contribution < -0.4 is 22.7 Å². The van der Waals surface area contributed by atoms with Gasteiger partial charge in [-0.05, 0) is 30.7 Å². The molecule has 2 heterocycles. The first-order valence-electron chi connectivity index (χ1n) is 7.46. The molecule has 1 aromatic carbocycles. The first-order valence-corrected chi connectivity index (χ1v) is 7.84. The molecule has 25 heavy (non-hydrogen) atoms. The van der Waals surface area contributed by atoms with Gasteiger partial charge in [0.15, 0.2) is 12.4 Å². The van der Waals surface area contributed by atoms with Crippen LogP contribution in [0.25, 0.3) is 0 Å². The number of pyridine rings is 1. The van der Waals surface area contributed by atoms with Crippen molar-refractivity contribution >= 4 is 28.8 Å². The van der Waals surface area contributed by atoms with E-state index in [1.807, 2.05) is 55.2 Å². The zero-order valence-corrected chi connectivity index (χ0v) is 15.4. The van der Waals surface area contributed by atoms with E-state index in [1.54, 1.807) is 16.9 Å². The highest BCUT2D eigenvalue weighted by molar-refractivity contribution is 6.30. The van der Waals surface area contributed by atoms with Crippen LogP contribution in [0.4, 0.5) is 17.2 Å². The van der Waals surface area contributed by atoms with Gasteiger partial charge in [-0.2, -0.15) is 10.2 Å². The van der Waals surface area contributed by atoms with Gasteiger partial charge >= 0.3 is 0 Å². The van der Waals surface area contributed by atoms with Crippen LogP contribution in [0.3, 0.4) is 0 Å². The number of halogens is 2. The van der Waals surface area contributed by atoms with Crippen molar-refractivity contribution in [3.05, 3.63) is 65.1 Å². The number of benzene rings is 1. The van der Waals surface area contributed by atoms with Crippen LogP contribution in [0.1, 0.15) is 11.1 Å². The highest BCUT2D eigenvalue weighted by atomic mass is 35.5. The normalized spacial score (nSPS) is 10.8. The first-order chi connectivity index (χ1) is 11.5. The Morgan fingerprint density at radius 1 is 1.24 bits per heavy atom. The van der Waals surface area contributed by atoms with Crippen LogP contribution in [0.15, 0.2) is 59.2 Å². The molecule has 3 rings (SSSR count). The minimum absolute atomic E-state index is 0. The third-order valence-electron chi connectivity index (χ3n) is 3.63. The molecular weight excluding hydrogens is 359 g/mol. The molecule has 0 spiro atoms. The number of hydrogen-bond acceptors (Lipinski definition) is 4. The number of azo groups is 1. The molecule has 6 nitrogen and oxygen atoms in total. The lowest BCUT2D eigenvalue weighted by Gasteiger charge is -2.03. The maximum absolute atomic E-state index is 6.14. The maximum atomic E-state index is 6.14. The molecule has 0 bridgehead atoms. The quantitative estimate of drug-likeness (QED) is 0.538. The van der Waals surface area contributed by atoms with E-state index in [9.17, 15) is 0 Å². The average molecular weight is 377 g/mol. The van der Waals surface area contributed by atoms with Gasteiger partial charge in [0.25, 0.3) is 0 Å². The van der Waals surface area contributed by atoms with Gasteiger partial charge in [-0.3, -0.25) is 0 Å². The highest BCUT2D eigenvalue weighted by Gasteiger charge is 2.09. The third-order valence-corrected chi connectivity index (χ3v) is 3.86. The van der Waals surface area contributed by atoms with Crippen LogP contribution >= 0.6 is 11.6 Å². The smallest absolute Gasteiger partial charge is 0.173 e. The Kier molecular flexibility index (Phi) is 6.12. The second-order valence-corrected chi connectivity index (χ2v) is 6.02. The molecule has 0 saturated carbocycles. The molecule has 0 amide bonds. The van der Waals surface area contributed by atoms with Crippen molar-refractivity contribution in [3.63, 3.8) is 0 Å². The summed E-state index contributed by atoms with van der Waals surface area (Å²) in [4.78, 5) is 0. The van der Waals surface area contributed by atoms with E-state index in [-0.39, 0.29) is 12.4 Å². The topological polar surface area (TPSA) is 72.4 Å². The molecule has 2 N–H and O–H groups in total. The summed E-state index contributed by atoms with van der Waals surface area (Å²) in [6.45, 7) is 2.53. The van der Waals surface area contributed by atoms with Crippen molar-refractivity contribution in [1.29, 1.82) is 0 Å². The molecule has 0 radical (unpaired) electrons. The Bertz CT molecular complexity index is 904. The number of nitrogens with zero attached hydrogens (tertiary/aromatic N) is 5. The monoisotopic (exact) mass is 376 g/mol. The number of rotatable bonds is 4. The SMILES string of the molecule is Cc1ccc(Cl)cc1N=Nc1cnn(Cc2ccc[n+](C)c2)c1N.[Cl-]. The van der Waals surface area contributed by atoms with Crippen LogP contribution in [0.5, 0.6) is 0 Å². The maximum Gasteiger partial charge on any atom is 0.173 e. The summed E-state index contributed by atoms with van der Waals surface area (Å²) in [5.41, 5.74) is 9.48. The Morgan fingerprint density at radius 2 is 2.00 bits per heavy atom. The van der Waals surface area contributed by atoms with Crippen LogP contribution in [-0.2, 0) is 13.6 Å². The number of nitrogen functional groups attached to an aromatic ring is 1. The summed E-state index contributed by atoms with van der Waals surface area (Å²) in [5, 5.41) is 13.4. The van der Waals surface area contributed by atoms with Crippen molar-refractivity contribution in [1.82, 2.24) is 9.78 Å². The molecular formula is C17H18Cl2N6. The summed E-state index contributed by atoms with van der Waals surface area (Å²) >= 11 is 5.99. The van der Waals surface area contributed by atoms with Gasteiger partial charge in [-0.1, -0.05) is 17.7 Å². The molecule has 0 aliphatic rings. The van der Waals surface area contributed by atoms with E-state index in [0.717, 1.165) is 11.1 Å². The van der Waals surface area contributed by atoms with Gasteiger partial charge in [0, 0.05) is 16.7 Å². The molecule has 0 aliphatic heterocycles. The van der Waals surface area contributed by atoms with Gasteiger partial charge in [-0.25, -0.2) is 9.25 Å². The van der Waals surface area contributed by atoms with Gasteiger partial charge in [0.1, 0.15) is 18.6 Å². The average Bonchev–Trinajstić information content (AvgIpc) is 2.89. The number of hydrogen-bond donors (Lipinski definition) is 1. The predicted molar refractivity (Wildman–Crippen MR) is 93.7 cm³/mol. The Morgan fingerprint density at radius 3 is 2.76 bits per heavy atom. The van der Waals surface area contributed by atoms with Gasteiger partial charge < -0.3 is 18.1 Å². The number of aromatic nitrogens is 3. The van der Waals surface area contributed by atoms with Crippen LogP contribution in [-0.4, -0.2) is 9.78 Å². The largest absolute Gasteiger partial charge is 1.00 e. The van der Waals surface area contributed by atoms with Crippen LogP contribution in [0, 0.1) is 6.92 Å². The number of nitrogens with two attached hydrogens (primary N) is 1. The fourth-order valence-corrected chi connectivity index (χ4v) is 2.47. The van der Waals surface area contributed by atoms with Gasteiger partial charge in [0.05, 0.1) is 18.4 Å². The minimum atomic E-state index is 0. The Labute approximate surface area is 157 Å². The highest BCUT2D eigenvalue weighted by Crippen LogP contribution is 2.28. The summed E-state index contributed by atoms with van der Waals surface area (Å²) in [7, 11) is 1.98. The molecule has 3 aromatic rings. The van der Waals surface area contributed by atoms with Crippen molar-refractivity contribution in [3.8, 4) is 0 Å². The van der Waals surface area contributed by atoms with Crippen LogP contribution in [0.2, 0.25) is 5.02 Å². The Balaban J connectivity index is 0.00000225. The summed E-state index contributed by atoms with van der Waals surface area (Å²) in [6, 6.07) is 9.50. The summed E-state index contributed by atoms with van der Waals surface area (Å²) in [5.74, 6) is 0.477. The van der Waals surface area contributed by atoms with Crippen molar-refractivity contribution in [2.75, 3.05) is 5.73 Å². The lowest BCUT2D eigenvalue weighted by atomic mass is 10.2. The molecule has 8 heteroatoms. The first kappa shape index (κ1) is 18.9. The zero-order chi connectivity index (χ0) is 17.1. The molecule has 0 atom stereocenters. The molecule has 130 valence electrons. The minimum Gasteiger partial charge on any atom is -1.00 e. The predicted octanol–water partition coefficient (Wildman–Crippen LogP) is 0.719. The van der Waals surface area contributed by atoms with Crippen molar-refractivity contribution in [2.24, 2.45) is 17.3 Å². The standard InChI is InChI=1S/C17H18ClN6.ClH/c1-12-5-6-14(18)8-15(12)21-22-16-9-20-24(17(16)19)11-13-4-3-7-23(2)10-13;/h3-10H,11,19H2,1-2H3;1H/q+1;/p-1. The lowest BCUT2D eigenvalue weighted by Crippen LogP contribution is -3.00. The molecule has 2 aromatic heterocycles. The summed E-state index contributed by atoms with van der Waals surface area (Å²) < 4.78 is 3.69. The molecule has 0 fully saturated rings.